The summed E-state index contributed by atoms with van der Waals surface area (Å²) in [6, 6.07) is 16.0. The fourth-order valence-corrected chi connectivity index (χ4v) is 4.37. The van der Waals surface area contributed by atoms with Crippen LogP contribution in [0.5, 0.6) is 17.5 Å². The quantitative estimate of drug-likeness (QED) is 0.282. The molecule has 2 aromatic carbocycles. The number of benzene rings is 2. The van der Waals surface area contributed by atoms with Crippen LogP contribution >= 0.6 is 11.6 Å². The average molecular weight is 501 g/mol. The Hall–Kier alpha value is -3.16. The number of aromatic hydroxyl groups is 2. The number of halogens is 1. The molecule has 3 N–H and O–H groups in total. The van der Waals surface area contributed by atoms with Gasteiger partial charge >= 0.3 is 5.97 Å². The SMILES string of the molecule is CCCN(Cc1ccc(OCCn2c(O)ccc2O)c(CC)c1)C(CC(=O)O)c1ccc(Cl)cc1. The average Bonchev–Trinajstić information content (AvgIpc) is 3.15. The van der Waals surface area contributed by atoms with Crippen molar-refractivity contribution in [3.05, 3.63) is 76.3 Å². The lowest BCUT2D eigenvalue weighted by atomic mass is 10.00. The Balaban J connectivity index is 1.76. The molecule has 0 saturated carbocycles. The topological polar surface area (TPSA) is 95.2 Å². The van der Waals surface area contributed by atoms with Crippen molar-refractivity contribution in [1.29, 1.82) is 0 Å². The van der Waals surface area contributed by atoms with Gasteiger partial charge in [0, 0.05) is 29.7 Å². The van der Waals surface area contributed by atoms with E-state index in [1.807, 2.05) is 24.3 Å². The Kier molecular flexibility index (Phi) is 9.46. The molecule has 0 fully saturated rings. The maximum Gasteiger partial charge on any atom is 0.305 e. The summed E-state index contributed by atoms with van der Waals surface area (Å²) in [6.07, 6.45) is 1.67. The van der Waals surface area contributed by atoms with Crippen LogP contribution < -0.4 is 4.74 Å². The Morgan fingerprint density at radius 3 is 2.34 bits per heavy atom. The molecule has 0 aliphatic carbocycles. The van der Waals surface area contributed by atoms with E-state index in [2.05, 4.69) is 24.8 Å². The minimum atomic E-state index is -0.844. The largest absolute Gasteiger partial charge is 0.494 e. The molecule has 3 rings (SSSR count). The predicted molar refractivity (Wildman–Crippen MR) is 136 cm³/mol. The van der Waals surface area contributed by atoms with Gasteiger partial charge < -0.3 is 20.1 Å². The van der Waals surface area contributed by atoms with Crippen molar-refractivity contribution in [3.63, 3.8) is 0 Å². The lowest BCUT2D eigenvalue weighted by Gasteiger charge is -2.31. The molecule has 0 saturated heterocycles. The van der Waals surface area contributed by atoms with Gasteiger partial charge in [-0.1, -0.05) is 49.7 Å². The lowest BCUT2D eigenvalue weighted by molar-refractivity contribution is -0.138. The van der Waals surface area contributed by atoms with Gasteiger partial charge in [-0.15, -0.1) is 0 Å². The third kappa shape index (κ3) is 7.16. The second kappa shape index (κ2) is 12.5. The van der Waals surface area contributed by atoms with Gasteiger partial charge in [-0.05, 0) is 54.3 Å². The van der Waals surface area contributed by atoms with Gasteiger partial charge in [0.05, 0.1) is 13.0 Å². The number of hydrogen-bond acceptors (Lipinski definition) is 5. The maximum atomic E-state index is 11.7. The van der Waals surface area contributed by atoms with Crippen molar-refractivity contribution >= 4 is 17.6 Å². The Morgan fingerprint density at radius 1 is 1.06 bits per heavy atom. The summed E-state index contributed by atoms with van der Waals surface area (Å²) in [5, 5.41) is 29.8. The molecule has 1 heterocycles. The molecule has 1 atom stereocenters. The zero-order valence-electron chi connectivity index (χ0n) is 20.2. The summed E-state index contributed by atoms with van der Waals surface area (Å²) in [6.45, 7) is 6.11. The van der Waals surface area contributed by atoms with E-state index in [9.17, 15) is 20.1 Å². The zero-order valence-corrected chi connectivity index (χ0v) is 20.9. The summed E-state index contributed by atoms with van der Waals surface area (Å²) in [4.78, 5) is 13.9. The first-order valence-corrected chi connectivity index (χ1v) is 12.2. The highest BCUT2D eigenvalue weighted by atomic mass is 35.5. The minimum absolute atomic E-state index is 0.00253. The van der Waals surface area contributed by atoms with Gasteiger partial charge in [0.15, 0.2) is 11.8 Å². The van der Waals surface area contributed by atoms with Gasteiger partial charge in [0.25, 0.3) is 0 Å². The van der Waals surface area contributed by atoms with E-state index < -0.39 is 5.97 Å². The number of nitrogens with zero attached hydrogens (tertiary/aromatic N) is 2. The van der Waals surface area contributed by atoms with Crippen molar-refractivity contribution in [3.8, 4) is 17.5 Å². The maximum absolute atomic E-state index is 11.7. The number of aliphatic carboxylic acids is 1. The van der Waals surface area contributed by atoms with Crippen LogP contribution in [0.1, 0.15) is 49.4 Å². The molecule has 7 nitrogen and oxygen atoms in total. The Bertz CT molecular complexity index is 1090. The molecule has 1 aromatic heterocycles. The summed E-state index contributed by atoms with van der Waals surface area (Å²) in [5.41, 5.74) is 3.05. The van der Waals surface area contributed by atoms with E-state index in [0.717, 1.165) is 41.8 Å². The molecular formula is C27H33ClN2O5. The molecule has 8 heteroatoms. The minimum Gasteiger partial charge on any atom is -0.494 e. The van der Waals surface area contributed by atoms with Crippen LogP contribution in [0.4, 0.5) is 0 Å². The first-order valence-electron chi connectivity index (χ1n) is 11.9. The van der Waals surface area contributed by atoms with Crippen molar-refractivity contribution in [1.82, 2.24) is 9.47 Å². The number of carboxylic acids is 1. The van der Waals surface area contributed by atoms with Crippen molar-refractivity contribution in [2.75, 3.05) is 13.2 Å². The normalized spacial score (nSPS) is 12.1. The Labute approximate surface area is 211 Å². The molecule has 0 spiro atoms. The third-order valence-corrected chi connectivity index (χ3v) is 6.22. The molecule has 0 aliphatic heterocycles. The van der Waals surface area contributed by atoms with E-state index in [1.165, 1.54) is 16.7 Å². The van der Waals surface area contributed by atoms with Crippen LogP contribution in [0.2, 0.25) is 5.02 Å². The smallest absolute Gasteiger partial charge is 0.305 e. The summed E-state index contributed by atoms with van der Waals surface area (Å²) in [7, 11) is 0. The molecule has 0 bridgehead atoms. The van der Waals surface area contributed by atoms with E-state index >= 15 is 0 Å². The molecule has 1 unspecified atom stereocenters. The standard InChI is InChI=1S/C27H33ClN2O5/c1-3-13-29(23(17-27(33)34)21-6-8-22(28)9-7-21)18-19-5-10-24(20(4-2)16-19)35-15-14-30-25(31)11-12-26(30)32/h5-12,16,23,31-32H,3-4,13-15,17-18H2,1-2H3,(H,33,34). The van der Waals surface area contributed by atoms with Crippen LogP contribution in [-0.4, -0.2) is 43.9 Å². The molecule has 3 aromatic rings. The van der Waals surface area contributed by atoms with Gasteiger partial charge in [0.2, 0.25) is 0 Å². The first-order chi connectivity index (χ1) is 16.8. The molecule has 0 amide bonds. The second-order valence-corrected chi connectivity index (χ2v) is 8.92. The van der Waals surface area contributed by atoms with E-state index in [0.29, 0.717) is 24.7 Å². The van der Waals surface area contributed by atoms with Crippen LogP contribution in [0.15, 0.2) is 54.6 Å². The van der Waals surface area contributed by atoms with E-state index in [1.54, 1.807) is 12.1 Å². The zero-order chi connectivity index (χ0) is 25.4. The van der Waals surface area contributed by atoms with Gasteiger partial charge in [0.1, 0.15) is 12.4 Å². The van der Waals surface area contributed by atoms with Crippen molar-refractivity contribution in [2.45, 2.75) is 52.2 Å². The molecule has 188 valence electrons. The van der Waals surface area contributed by atoms with E-state index in [-0.39, 0.29) is 24.2 Å². The Morgan fingerprint density at radius 2 is 1.74 bits per heavy atom. The van der Waals surface area contributed by atoms with Crippen LogP contribution in [-0.2, 0) is 24.3 Å². The van der Waals surface area contributed by atoms with Crippen LogP contribution in [0, 0.1) is 0 Å². The fraction of sp³-hybridized carbons (Fsp3) is 0.370. The highest BCUT2D eigenvalue weighted by molar-refractivity contribution is 6.30. The molecule has 35 heavy (non-hydrogen) atoms. The molecular weight excluding hydrogens is 468 g/mol. The monoisotopic (exact) mass is 500 g/mol. The van der Waals surface area contributed by atoms with Gasteiger partial charge in [-0.3, -0.25) is 14.3 Å². The number of carboxylic acid groups (broad SMARTS) is 1. The summed E-state index contributed by atoms with van der Waals surface area (Å²) in [5.74, 6) is -0.109. The van der Waals surface area contributed by atoms with Gasteiger partial charge in [-0.2, -0.15) is 0 Å². The van der Waals surface area contributed by atoms with Gasteiger partial charge in [-0.25, -0.2) is 0 Å². The number of rotatable bonds is 13. The number of ether oxygens (including phenoxy) is 1. The number of hydrogen-bond donors (Lipinski definition) is 3. The highest BCUT2D eigenvalue weighted by Gasteiger charge is 2.23. The summed E-state index contributed by atoms with van der Waals surface area (Å²) >= 11 is 6.05. The van der Waals surface area contributed by atoms with E-state index in [4.69, 9.17) is 16.3 Å². The molecule has 0 aliphatic rings. The van der Waals surface area contributed by atoms with Crippen LogP contribution in [0.3, 0.4) is 0 Å². The van der Waals surface area contributed by atoms with Crippen molar-refractivity contribution in [2.24, 2.45) is 0 Å². The van der Waals surface area contributed by atoms with Crippen molar-refractivity contribution < 1.29 is 24.9 Å². The number of carbonyl (C=O) groups is 1. The third-order valence-electron chi connectivity index (χ3n) is 5.97. The number of aryl methyl sites for hydroxylation is 1. The molecule has 0 radical (unpaired) electrons. The van der Waals surface area contributed by atoms with Crippen LogP contribution in [0.25, 0.3) is 0 Å². The lowest BCUT2D eigenvalue weighted by Crippen LogP contribution is -2.31. The first kappa shape index (κ1) is 26.4. The predicted octanol–water partition coefficient (Wildman–Crippen LogP) is 5.62. The number of aromatic nitrogens is 1. The summed E-state index contributed by atoms with van der Waals surface area (Å²) < 4.78 is 7.33. The fourth-order valence-electron chi connectivity index (χ4n) is 4.25. The highest BCUT2D eigenvalue weighted by Crippen LogP contribution is 2.29. The second-order valence-electron chi connectivity index (χ2n) is 8.48.